The molecule has 0 unspecified atom stereocenters. The Kier molecular flexibility index (Phi) is 5.90. The summed E-state index contributed by atoms with van der Waals surface area (Å²) in [5.74, 6) is 1.74. The van der Waals surface area contributed by atoms with Crippen LogP contribution < -0.4 is 10.2 Å². The van der Waals surface area contributed by atoms with Gasteiger partial charge in [0.2, 0.25) is 5.95 Å². The Hall–Kier alpha value is -2.10. The van der Waals surface area contributed by atoms with Crippen LogP contribution >= 0.6 is 0 Å². The Bertz CT molecular complexity index is 690. The van der Waals surface area contributed by atoms with Crippen LogP contribution in [0.1, 0.15) is 56.7 Å². The Morgan fingerprint density at radius 2 is 1.80 bits per heavy atom. The second-order valence-electron chi connectivity index (χ2n) is 7.11. The lowest BCUT2D eigenvalue weighted by molar-refractivity contribution is 0.614. The van der Waals surface area contributed by atoms with Crippen molar-refractivity contribution < 1.29 is 0 Å². The highest BCUT2D eigenvalue weighted by atomic mass is 15.2. The van der Waals surface area contributed by atoms with E-state index < -0.39 is 0 Å². The highest BCUT2D eigenvalue weighted by Gasteiger charge is 2.16. The van der Waals surface area contributed by atoms with E-state index in [4.69, 9.17) is 4.98 Å². The van der Waals surface area contributed by atoms with Crippen LogP contribution in [-0.2, 0) is 0 Å². The number of rotatable bonds is 5. The van der Waals surface area contributed by atoms with Gasteiger partial charge in [0.25, 0.3) is 0 Å². The lowest BCUT2D eigenvalue weighted by Gasteiger charge is -2.24. The second-order valence-corrected chi connectivity index (χ2v) is 7.11. The molecule has 0 radical (unpaired) electrons. The van der Waals surface area contributed by atoms with E-state index in [-0.39, 0.29) is 0 Å². The third-order valence-corrected chi connectivity index (χ3v) is 4.94. The smallest absolute Gasteiger partial charge is 0.225 e. The molecule has 1 aliphatic rings. The summed E-state index contributed by atoms with van der Waals surface area (Å²) in [6.07, 6.45) is 7.77. The minimum absolute atomic E-state index is 0.506. The average Bonchev–Trinajstić information content (AvgIpc) is 2.84. The number of anilines is 3. The van der Waals surface area contributed by atoms with Crippen LogP contribution in [-0.4, -0.2) is 22.6 Å². The van der Waals surface area contributed by atoms with Crippen molar-refractivity contribution >= 4 is 17.5 Å². The van der Waals surface area contributed by atoms with Crippen molar-refractivity contribution in [2.75, 3.05) is 16.8 Å². The number of nitrogens with one attached hydrogen (secondary N) is 1. The minimum Gasteiger partial charge on any atom is -0.351 e. The monoisotopic (exact) mass is 338 g/mol. The summed E-state index contributed by atoms with van der Waals surface area (Å²) in [5, 5.41) is 3.59. The number of hydrogen-bond acceptors (Lipinski definition) is 4. The fourth-order valence-electron chi connectivity index (χ4n) is 3.63. The molecule has 1 aliphatic carbocycles. The maximum atomic E-state index is 4.84. The van der Waals surface area contributed by atoms with E-state index in [1.807, 2.05) is 6.92 Å². The van der Waals surface area contributed by atoms with Crippen molar-refractivity contribution in [1.82, 2.24) is 9.97 Å². The molecule has 4 heteroatoms. The quantitative estimate of drug-likeness (QED) is 0.743. The van der Waals surface area contributed by atoms with Crippen LogP contribution in [0.5, 0.6) is 0 Å². The van der Waals surface area contributed by atoms with Gasteiger partial charge in [-0.15, -0.1) is 0 Å². The average molecular weight is 338 g/mol. The minimum atomic E-state index is 0.506. The topological polar surface area (TPSA) is 41.1 Å². The third kappa shape index (κ3) is 4.71. The summed E-state index contributed by atoms with van der Waals surface area (Å²) >= 11 is 0. The first-order chi connectivity index (χ1) is 12.2. The molecule has 3 rings (SSSR count). The number of benzene rings is 1. The molecule has 0 saturated heterocycles. The lowest BCUT2D eigenvalue weighted by Crippen LogP contribution is -2.22. The van der Waals surface area contributed by atoms with Gasteiger partial charge in [-0.1, -0.05) is 37.8 Å². The predicted octanol–water partition coefficient (Wildman–Crippen LogP) is 5.39. The Balaban J connectivity index is 1.84. The first-order valence-corrected chi connectivity index (χ1v) is 9.62. The molecule has 25 heavy (non-hydrogen) atoms. The second kappa shape index (κ2) is 8.32. The molecule has 4 nitrogen and oxygen atoms in total. The SMILES string of the molecule is CCN(c1cccc(C)c1)c1cc(C)nc(NC2CCCCCC2)n1. The Morgan fingerprint density at radius 3 is 2.48 bits per heavy atom. The van der Waals surface area contributed by atoms with E-state index in [2.05, 4.69) is 59.4 Å². The van der Waals surface area contributed by atoms with Crippen molar-refractivity contribution in [2.45, 2.75) is 65.3 Å². The third-order valence-electron chi connectivity index (χ3n) is 4.94. The zero-order valence-electron chi connectivity index (χ0n) is 15.8. The van der Waals surface area contributed by atoms with Crippen molar-refractivity contribution in [3.05, 3.63) is 41.6 Å². The van der Waals surface area contributed by atoms with Gasteiger partial charge in [-0.3, -0.25) is 0 Å². The van der Waals surface area contributed by atoms with Crippen LogP contribution in [0.2, 0.25) is 0 Å². The van der Waals surface area contributed by atoms with E-state index in [0.29, 0.717) is 6.04 Å². The van der Waals surface area contributed by atoms with Gasteiger partial charge < -0.3 is 10.2 Å². The molecular formula is C21H30N4. The van der Waals surface area contributed by atoms with Gasteiger partial charge in [0.1, 0.15) is 5.82 Å². The van der Waals surface area contributed by atoms with Crippen molar-refractivity contribution in [2.24, 2.45) is 0 Å². The highest BCUT2D eigenvalue weighted by molar-refractivity contribution is 5.61. The molecule has 0 aliphatic heterocycles. The summed E-state index contributed by atoms with van der Waals surface area (Å²) in [5.41, 5.74) is 3.45. The summed E-state index contributed by atoms with van der Waals surface area (Å²) < 4.78 is 0. The van der Waals surface area contributed by atoms with Crippen LogP contribution in [0.3, 0.4) is 0 Å². The fourth-order valence-corrected chi connectivity index (χ4v) is 3.63. The summed E-state index contributed by atoms with van der Waals surface area (Å²) in [4.78, 5) is 11.7. The standard InChI is InChI=1S/C21H30N4/c1-4-25(19-13-9-10-16(2)14-19)20-15-17(3)22-21(24-20)23-18-11-7-5-6-8-12-18/h9-10,13-15,18H,4-8,11-12H2,1-3H3,(H,22,23,24). The highest BCUT2D eigenvalue weighted by Crippen LogP contribution is 2.26. The molecule has 1 heterocycles. The van der Waals surface area contributed by atoms with E-state index in [1.165, 1.54) is 49.8 Å². The van der Waals surface area contributed by atoms with Gasteiger partial charge in [-0.2, -0.15) is 4.98 Å². The molecule has 0 spiro atoms. The van der Waals surface area contributed by atoms with Crippen LogP contribution in [0.4, 0.5) is 17.5 Å². The first-order valence-electron chi connectivity index (χ1n) is 9.62. The molecule has 1 aromatic carbocycles. The molecule has 1 fully saturated rings. The Morgan fingerprint density at radius 1 is 1.04 bits per heavy atom. The van der Waals surface area contributed by atoms with Crippen molar-refractivity contribution in [3.63, 3.8) is 0 Å². The number of nitrogens with zero attached hydrogens (tertiary/aromatic N) is 3. The molecule has 0 amide bonds. The van der Waals surface area contributed by atoms with E-state index in [1.54, 1.807) is 0 Å². The van der Waals surface area contributed by atoms with E-state index in [9.17, 15) is 0 Å². The van der Waals surface area contributed by atoms with Gasteiger partial charge in [-0.25, -0.2) is 4.98 Å². The van der Waals surface area contributed by atoms with Gasteiger partial charge in [0.05, 0.1) is 0 Å². The van der Waals surface area contributed by atoms with Crippen molar-refractivity contribution in [1.29, 1.82) is 0 Å². The number of aryl methyl sites for hydroxylation is 2. The maximum absolute atomic E-state index is 4.84. The summed E-state index contributed by atoms with van der Waals surface area (Å²) in [7, 11) is 0. The largest absolute Gasteiger partial charge is 0.351 e. The van der Waals surface area contributed by atoms with Crippen LogP contribution in [0.25, 0.3) is 0 Å². The van der Waals surface area contributed by atoms with Gasteiger partial charge >= 0.3 is 0 Å². The van der Waals surface area contributed by atoms with Gasteiger partial charge in [-0.05, 0) is 51.3 Å². The van der Waals surface area contributed by atoms with Gasteiger partial charge in [0.15, 0.2) is 0 Å². The molecule has 134 valence electrons. The zero-order valence-corrected chi connectivity index (χ0v) is 15.8. The number of aromatic nitrogens is 2. The first kappa shape index (κ1) is 17.7. The zero-order chi connectivity index (χ0) is 17.6. The normalized spacial score (nSPS) is 15.6. The molecular weight excluding hydrogens is 308 g/mol. The molecule has 0 atom stereocenters. The summed E-state index contributed by atoms with van der Waals surface area (Å²) in [6.45, 7) is 7.22. The molecule has 0 bridgehead atoms. The van der Waals surface area contributed by atoms with E-state index in [0.717, 1.165) is 24.0 Å². The van der Waals surface area contributed by atoms with Crippen LogP contribution in [0, 0.1) is 13.8 Å². The predicted molar refractivity (Wildman–Crippen MR) is 106 cm³/mol. The van der Waals surface area contributed by atoms with Gasteiger partial charge in [0, 0.05) is 30.0 Å². The fraction of sp³-hybridized carbons (Fsp3) is 0.524. The summed E-state index contributed by atoms with van der Waals surface area (Å²) in [6, 6.07) is 11.2. The number of hydrogen-bond donors (Lipinski definition) is 1. The van der Waals surface area contributed by atoms with E-state index >= 15 is 0 Å². The van der Waals surface area contributed by atoms with Crippen molar-refractivity contribution in [3.8, 4) is 0 Å². The lowest BCUT2D eigenvalue weighted by atomic mass is 10.1. The Labute approximate surface area is 151 Å². The molecule has 2 aromatic rings. The molecule has 1 N–H and O–H groups in total. The molecule has 1 aromatic heterocycles. The maximum Gasteiger partial charge on any atom is 0.225 e. The van der Waals surface area contributed by atoms with Crippen LogP contribution in [0.15, 0.2) is 30.3 Å². The molecule has 1 saturated carbocycles.